The average molecular weight is 391 g/mol. The first-order valence-electron chi connectivity index (χ1n) is 10.6. The molecule has 148 valence electrons. The van der Waals surface area contributed by atoms with Gasteiger partial charge in [0.1, 0.15) is 9.84 Å². The molecule has 1 aromatic heterocycles. The van der Waals surface area contributed by atoms with Crippen LogP contribution in [0.4, 0.5) is 0 Å². The van der Waals surface area contributed by atoms with Crippen molar-refractivity contribution in [2.24, 2.45) is 11.8 Å². The second-order valence-corrected chi connectivity index (χ2v) is 11.2. The minimum absolute atomic E-state index is 0.354. The van der Waals surface area contributed by atoms with E-state index in [1.165, 1.54) is 32.1 Å². The van der Waals surface area contributed by atoms with Crippen molar-refractivity contribution in [1.82, 2.24) is 15.0 Å². The lowest BCUT2D eigenvalue weighted by atomic mass is 9.75. The first-order valence-corrected chi connectivity index (χ1v) is 12.4. The van der Waals surface area contributed by atoms with Gasteiger partial charge >= 0.3 is 0 Å². The van der Waals surface area contributed by atoms with Gasteiger partial charge in [-0.15, -0.1) is 5.10 Å². The molecule has 7 heteroatoms. The summed E-state index contributed by atoms with van der Waals surface area (Å²) in [5.74, 6) is 2.27. The van der Waals surface area contributed by atoms with Gasteiger partial charge in [0.15, 0.2) is 5.54 Å². The van der Waals surface area contributed by atoms with Crippen LogP contribution in [-0.2, 0) is 15.4 Å². The third kappa shape index (κ3) is 4.21. The van der Waals surface area contributed by atoms with Gasteiger partial charge in [0.25, 0.3) is 0 Å². The molecule has 0 spiro atoms. The Morgan fingerprint density at radius 2 is 1.89 bits per heavy atom. The number of hydrogen-bond acceptors (Lipinski definition) is 5. The fourth-order valence-corrected chi connectivity index (χ4v) is 6.56. The Labute approximate surface area is 162 Å². The molecule has 3 aliphatic rings. The minimum Gasteiger partial charge on any atom is -0.232 e. The minimum atomic E-state index is -2.79. The smallest absolute Gasteiger partial charge is 0.150 e. The summed E-state index contributed by atoms with van der Waals surface area (Å²) in [5.41, 5.74) is 0.604. The van der Waals surface area contributed by atoms with Crippen molar-refractivity contribution in [2.75, 3.05) is 11.5 Å². The lowest BCUT2D eigenvalue weighted by Crippen LogP contribution is -2.24. The number of aromatic nitrogens is 3. The highest BCUT2D eigenvalue weighted by Gasteiger charge is 2.47. The molecule has 2 saturated carbocycles. The topological polar surface area (TPSA) is 88.6 Å². The maximum absolute atomic E-state index is 11.7. The second-order valence-electron chi connectivity index (χ2n) is 8.91. The van der Waals surface area contributed by atoms with Crippen molar-refractivity contribution < 1.29 is 8.42 Å². The van der Waals surface area contributed by atoms with E-state index in [2.05, 4.69) is 16.4 Å². The number of nitriles is 1. The van der Waals surface area contributed by atoms with Crippen molar-refractivity contribution in [1.29, 1.82) is 5.26 Å². The lowest BCUT2D eigenvalue weighted by Gasteiger charge is -2.31. The van der Waals surface area contributed by atoms with Crippen molar-refractivity contribution in [2.45, 2.75) is 82.1 Å². The van der Waals surface area contributed by atoms with Crippen LogP contribution in [0.2, 0.25) is 0 Å². The van der Waals surface area contributed by atoms with Crippen LogP contribution in [0.15, 0.2) is 6.20 Å². The standard InChI is InChI=1S/C20H30N4O2S/c21-15-20(10-11-20)24-14-19(22-23-24)18(17-4-2-1-3-5-17)7-6-16-8-12-27(25,26)13-9-16/h14,16-18H,1-13H2/t18-/m0/s1. The van der Waals surface area contributed by atoms with Crippen molar-refractivity contribution in [3.8, 4) is 6.07 Å². The highest BCUT2D eigenvalue weighted by molar-refractivity contribution is 7.91. The van der Waals surface area contributed by atoms with E-state index in [0.717, 1.165) is 44.2 Å². The van der Waals surface area contributed by atoms with Gasteiger partial charge in [-0.3, -0.25) is 0 Å². The lowest BCUT2D eigenvalue weighted by molar-refractivity contribution is 0.272. The largest absolute Gasteiger partial charge is 0.232 e. The Morgan fingerprint density at radius 1 is 1.19 bits per heavy atom. The molecule has 0 radical (unpaired) electrons. The van der Waals surface area contributed by atoms with E-state index in [9.17, 15) is 13.7 Å². The van der Waals surface area contributed by atoms with Crippen molar-refractivity contribution in [3.05, 3.63) is 11.9 Å². The zero-order valence-electron chi connectivity index (χ0n) is 16.0. The highest BCUT2D eigenvalue weighted by atomic mass is 32.2. The molecule has 0 bridgehead atoms. The molecule has 0 N–H and O–H groups in total. The fourth-order valence-electron chi connectivity index (χ4n) is 4.97. The molecule has 1 aromatic rings. The molecule has 3 fully saturated rings. The third-order valence-electron chi connectivity index (χ3n) is 7.04. The fraction of sp³-hybridized carbons (Fsp3) is 0.850. The molecule has 1 atom stereocenters. The molecule has 0 aromatic carbocycles. The van der Waals surface area contributed by atoms with Gasteiger partial charge in [-0.1, -0.05) is 24.5 Å². The molecule has 1 saturated heterocycles. The summed E-state index contributed by atoms with van der Waals surface area (Å²) in [6, 6.07) is 2.40. The van der Waals surface area contributed by atoms with E-state index in [-0.39, 0.29) is 0 Å². The molecule has 2 heterocycles. The summed E-state index contributed by atoms with van der Waals surface area (Å²) >= 11 is 0. The van der Waals surface area contributed by atoms with Gasteiger partial charge in [-0.2, -0.15) is 5.26 Å². The molecule has 0 unspecified atom stereocenters. The van der Waals surface area contributed by atoms with Crippen LogP contribution in [0.3, 0.4) is 0 Å². The molecule has 4 rings (SSSR count). The Morgan fingerprint density at radius 3 is 2.52 bits per heavy atom. The predicted octanol–water partition coefficient (Wildman–Crippen LogP) is 3.56. The third-order valence-corrected chi connectivity index (χ3v) is 8.76. The second kappa shape index (κ2) is 7.54. The van der Waals surface area contributed by atoms with Crippen LogP contribution >= 0.6 is 0 Å². The van der Waals surface area contributed by atoms with Gasteiger partial charge < -0.3 is 0 Å². The normalized spacial score (nSPS) is 26.3. The maximum Gasteiger partial charge on any atom is 0.150 e. The van der Waals surface area contributed by atoms with Crippen molar-refractivity contribution >= 4 is 9.84 Å². The van der Waals surface area contributed by atoms with Crippen LogP contribution in [0.1, 0.15) is 82.2 Å². The molecular formula is C20H30N4O2S. The van der Waals surface area contributed by atoms with E-state index in [0.29, 0.717) is 29.3 Å². The van der Waals surface area contributed by atoms with Crippen molar-refractivity contribution in [3.63, 3.8) is 0 Å². The number of sulfone groups is 1. The molecule has 1 aliphatic heterocycles. The van der Waals surface area contributed by atoms with Crippen LogP contribution in [0.5, 0.6) is 0 Å². The first kappa shape index (κ1) is 18.9. The van der Waals surface area contributed by atoms with E-state index in [4.69, 9.17) is 0 Å². The van der Waals surface area contributed by atoms with Crippen LogP contribution in [0.25, 0.3) is 0 Å². The van der Waals surface area contributed by atoms with E-state index < -0.39 is 15.4 Å². The Kier molecular flexibility index (Phi) is 5.28. The maximum atomic E-state index is 11.7. The summed E-state index contributed by atoms with van der Waals surface area (Å²) in [6.45, 7) is 0. The van der Waals surface area contributed by atoms with Gasteiger partial charge in [0.2, 0.25) is 0 Å². The summed E-state index contributed by atoms with van der Waals surface area (Å²) < 4.78 is 25.2. The Hall–Kier alpha value is -1.42. The number of hydrogen-bond donors (Lipinski definition) is 0. The predicted molar refractivity (Wildman–Crippen MR) is 103 cm³/mol. The van der Waals surface area contributed by atoms with E-state index in [1.54, 1.807) is 4.68 Å². The van der Waals surface area contributed by atoms with Crippen LogP contribution < -0.4 is 0 Å². The van der Waals surface area contributed by atoms with Gasteiger partial charge in [-0.05, 0) is 63.2 Å². The van der Waals surface area contributed by atoms with E-state index >= 15 is 0 Å². The summed E-state index contributed by atoms with van der Waals surface area (Å²) in [6.07, 6.45) is 13.9. The Balaban J connectivity index is 1.45. The monoisotopic (exact) mass is 390 g/mol. The molecule has 27 heavy (non-hydrogen) atoms. The summed E-state index contributed by atoms with van der Waals surface area (Å²) in [5, 5.41) is 18.2. The summed E-state index contributed by atoms with van der Waals surface area (Å²) in [7, 11) is -2.79. The van der Waals surface area contributed by atoms with Gasteiger partial charge in [0, 0.05) is 5.92 Å². The number of rotatable bonds is 6. The Bertz CT molecular complexity index is 786. The zero-order chi connectivity index (χ0) is 18.9. The van der Waals surface area contributed by atoms with Gasteiger partial charge in [-0.25, -0.2) is 13.1 Å². The quantitative estimate of drug-likeness (QED) is 0.741. The zero-order valence-corrected chi connectivity index (χ0v) is 16.8. The van der Waals surface area contributed by atoms with Crippen LogP contribution in [-0.4, -0.2) is 34.9 Å². The van der Waals surface area contributed by atoms with E-state index in [1.807, 2.05) is 6.20 Å². The molecular weight excluding hydrogens is 360 g/mol. The molecule has 0 amide bonds. The highest BCUT2D eigenvalue weighted by Crippen LogP contribution is 2.44. The SMILES string of the molecule is N#CC1(n2cc([C@@H](CCC3CCS(=O)(=O)CC3)C3CCCCC3)nn2)CC1. The van der Waals surface area contributed by atoms with Crippen LogP contribution in [0, 0.1) is 23.2 Å². The van der Waals surface area contributed by atoms with Gasteiger partial charge in [0.05, 0.1) is 29.5 Å². The summed E-state index contributed by atoms with van der Waals surface area (Å²) in [4.78, 5) is 0. The molecule has 2 aliphatic carbocycles. The first-order chi connectivity index (χ1) is 13.0. The number of nitrogens with zero attached hydrogens (tertiary/aromatic N) is 4. The average Bonchev–Trinajstić information content (AvgIpc) is 3.33. The molecule has 6 nitrogen and oxygen atoms in total.